The van der Waals surface area contributed by atoms with Crippen molar-refractivity contribution >= 4 is 49.0 Å². The van der Waals surface area contributed by atoms with Crippen LogP contribution in [0.4, 0.5) is 11.4 Å². The highest BCUT2D eigenvalue weighted by Crippen LogP contribution is 2.34. The molecule has 1 aliphatic rings. The summed E-state index contributed by atoms with van der Waals surface area (Å²) in [5.41, 5.74) is 8.97. The van der Waals surface area contributed by atoms with Crippen LogP contribution in [-0.4, -0.2) is 44.3 Å². The van der Waals surface area contributed by atoms with Crippen molar-refractivity contribution in [2.45, 2.75) is 11.2 Å². The highest BCUT2D eigenvalue weighted by molar-refractivity contribution is 7.91. The highest BCUT2D eigenvalue weighted by atomic mass is 32.2. The number of benzene rings is 2. The third-order valence-corrected chi connectivity index (χ3v) is 9.03. The summed E-state index contributed by atoms with van der Waals surface area (Å²) < 4.78 is 53.2. The minimum atomic E-state index is -4.12. The largest absolute Gasteiger partial charge is 0.397 e. The van der Waals surface area contributed by atoms with Crippen LogP contribution in [0, 0.1) is 0 Å². The normalized spacial score (nSPS) is 17.9. The van der Waals surface area contributed by atoms with Crippen molar-refractivity contribution in [3.05, 3.63) is 108 Å². The number of nitrogen functional groups attached to an aromatic ring is 1. The quantitative estimate of drug-likeness (QED) is 0.275. The van der Waals surface area contributed by atoms with Crippen molar-refractivity contribution in [1.82, 2.24) is 8.69 Å². The van der Waals surface area contributed by atoms with E-state index in [0.717, 1.165) is 21.4 Å². The maximum absolute atomic E-state index is 13.8. The number of carbonyl (C=O) groups is 1. The van der Waals surface area contributed by atoms with Gasteiger partial charge < -0.3 is 11.1 Å². The van der Waals surface area contributed by atoms with E-state index in [0.29, 0.717) is 16.9 Å². The predicted octanol–water partition coefficient (Wildman–Crippen LogP) is 3.23. The standard InChI is InChI=1S/C27H28N4O5S2/c1-37(33,34)29-20-27(16-13-23(14-17-27)22-7-3-2-4-8-22)38(35,36)31-18-15-21(19-31)11-12-26(32)30-25-10-6-5-9-24(25)28/h2-16,18-19,29H,17,20,28H2,1H3,(H,30,32). The van der Waals surface area contributed by atoms with Crippen molar-refractivity contribution in [3.8, 4) is 0 Å². The zero-order chi connectivity index (χ0) is 27.4. The topological polar surface area (TPSA) is 140 Å². The van der Waals surface area contributed by atoms with Crippen LogP contribution in [0.1, 0.15) is 17.5 Å². The van der Waals surface area contributed by atoms with Crippen LogP contribution in [0.3, 0.4) is 0 Å². The Hall–Kier alpha value is -3.93. The summed E-state index contributed by atoms with van der Waals surface area (Å²) >= 11 is 0. The van der Waals surface area contributed by atoms with E-state index < -0.39 is 30.7 Å². The molecule has 4 rings (SSSR count). The second-order valence-corrected chi connectivity index (χ2v) is 12.9. The molecular formula is C27H28N4O5S2. The number of nitrogens with zero attached hydrogens (tertiary/aromatic N) is 1. The Bertz CT molecular complexity index is 1640. The fourth-order valence-electron chi connectivity index (χ4n) is 3.98. The number of carbonyl (C=O) groups excluding carboxylic acids is 1. The van der Waals surface area contributed by atoms with Gasteiger partial charge in [-0.25, -0.2) is 21.6 Å². The first-order valence-corrected chi connectivity index (χ1v) is 15.0. The van der Waals surface area contributed by atoms with Crippen LogP contribution in [-0.2, 0) is 24.8 Å². The van der Waals surface area contributed by atoms with Crippen LogP contribution in [0.25, 0.3) is 11.6 Å². The molecule has 1 amide bonds. The van der Waals surface area contributed by atoms with E-state index in [4.69, 9.17) is 5.73 Å². The van der Waals surface area contributed by atoms with Crippen molar-refractivity contribution in [3.63, 3.8) is 0 Å². The van der Waals surface area contributed by atoms with E-state index in [1.807, 2.05) is 30.3 Å². The molecule has 0 saturated heterocycles. The lowest BCUT2D eigenvalue weighted by Crippen LogP contribution is -2.49. The van der Waals surface area contributed by atoms with E-state index in [1.165, 1.54) is 30.6 Å². The van der Waals surface area contributed by atoms with Crippen molar-refractivity contribution < 1.29 is 21.6 Å². The Morgan fingerprint density at radius 2 is 1.76 bits per heavy atom. The van der Waals surface area contributed by atoms with E-state index >= 15 is 0 Å². The Kier molecular flexibility index (Phi) is 7.72. The smallest absolute Gasteiger partial charge is 0.249 e. The fraction of sp³-hybridized carbons (Fsp3) is 0.148. The predicted molar refractivity (Wildman–Crippen MR) is 151 cm³/mol. The molecule has 1 unspecified atom stereocenters. The van der Waals surface area contributed by atoms with Gasteiger partial charge in [-0.3, -0.25) is 8.77 Å². The van der Waals surface area contributed by atoms with Crippen molar-refractivity contribution in [1.29, 1.82) is 0 Å². The summed E-state index contributed by atoms with van der Waals surface area (Å²) in [6.07, 6.45) is 11.6. The molecule has 0 fully saturated rings. The Morgan fingerprint density at radius 3 is 2.42 bits per heavy atom. The molecule has 0 spiro atoms. The highest BCUT2D eigenvalue weighted by Gasteiger charge is 2.43. The van der Waals surface area contributed by atoms with Gasteiger partial charge in [-0.1, -0.05) is 60.7 Å². The van der Waals surface area contributed by atoms with Gasteiger partial charge in [0.15, 0.2) is 0 Å². The lowest BCUT2D eigenvalue weighted by molar-refractivity contribution is -0.111. The first-order chi connectivity index (χ1) is 18.0. The van der Waals surface area contributed by atoms with Crippen LogP contribution in [0.5, 0.6) is 0 Å². The van der Waals surface area contributed by atoms with E-state index in [-0.39, 0.29) is 13.0 Å². The molecule has 11 heteroatoms. The van der Waals surface area contributed by atoms with Crippen LogP contribution in [0.15, 0.2) is 97.4 Å². The lowest BCUT2D eigenvalue weighted by Gasteiger charge is -2.32. The maximum Gasteiger partial charge on any atom is 0.249 e. The summed E-state index contributed by atoms with van der Waals surface area (Å²) in [5, 5.41) is 2.67. The van der Waals surface area contributed by atoms with Gasteiger partial charge in [-0.05, 0) is 47.4 Å². The molecule has 3 aromatic rings. The first kappa shape index (κ1) is 27.1. The average molecular weight is 553 g/mol. The molecule has 1 aliphatic carbocycles. The van der Waals surface area contributed by atoms with Crippen molar-refractivity contribution in [2.24, 2.45) is 0 Å². The summed E-state index contributed by atoms with van der Waals surface area (Å²) in [7, 11) is -7.77. The van der Waals surface area contributed by atoms with E-state index in [2.05, 4.69) is 10.0 Å². The molecular weight excluding hydrogens is 524 g/mol. The average Bonchev–Trinajstić information content (AvgIpc) is 3.38. The summed E-state index contributed by atoms with van der Waals surface area (Å²) in [6, 6.07) is 17.9. The van der Waals surface area contributed by atoms with Gasteiger partial charge >= 0.3 is 0 Å². The van der Waals surface area contributed by atoms with Crippen molar-refractivity contribution in [2.75, 3.05) is 23.9 Å². The zero-order valence-corrected chi connectivity index (χ0v) is 22.2. The fourth-order valence-corrected chi connectivity index (χ4v) is 6.28. The maximum atomic E-state index is 13.8. The van der Waals surface area contributed by atoms with E-state index in [9.17, 15) is 21.6 Å². The number of nitrogens with one attached hydrogen (secondary N) is 2. The van der Waals surface area contributed by atoms with Gasteiger partial charge in [-0.15, -0.1) is 0 Å². The number of rotatable bonds is 9. The van der Waals surface area contributed by atoms with Gasteiger partial charge in [0.1, 0.15) is 4.75 Å². The van der Waals surface area contributed by atoms with E-state index in [1.54, 1.807) is 42.5 Å². The van der Waals surface area contributed by atoms with Gasteiger partial charge in [0.25, 0.3) is 0 Å². The molecule has 38 heavy (non-hydrogen) atoms. The second kappa shape index (κ2) is 10.8. The number of sulfonamides is 1. The number of aromatic nitrogens is 1. The molecule has 0 radical (unpaired) electrons. The lowest BCUT2D eigenvalue weighted by atomic mass is 9.92. The molecule has 0 aliphatic heterocycles. The van der Waals surface area contributed by atoms with Crippen LogP contribution >= 0.6 is 0 Å². The molecule has 9 nitrogen and oxygen atoms in total. The monoisotopic (exact) mass is 552 g/mol. The summed E-state index contributed by atoms with van der Waals surface area (Å²) in [5.74, 6) is -0.430. The van der Waals surface area contributed by atoms with Gasteiger partial charge in [0, 0.05) is 25.0 Å². The minimum Gasteiger partial charge on any atom is -0.397 e. The Morgan fingerprint density at radius 1 is 1.05 bits per heavy atom. The number of hydrogen-bond donors (Lipinski definition) is 3. The molecule has 4 N–H and O–H groups in total. The van der Waals surface area contributed by atoms with Gasteiger partial charge in [-0.2, -0.15) is 0 Å². The summed E-state index contributed by atoms with van der Waals surface area (Å²) in [4.78, 5) is 12.3. The number of allylic oxidation sites excluding steroid dienone is 3. The molecule has 0 bridgehead atoms. The Labute approximate surface area is 222 Å². The van der Waals surface area contributed by atoms with Crippen LogP contribution < -0.4 is 15.8 Å². The number of hydrogen-bond acceptors (Lipinski definition) is 6. The van der Waals surface area contributed by atoms with Crippen LogP contribution in [0.2, 0.25) is 0 Å². The molecule has 1 heterocycles. The Balaban J connectivity index is 1.57. The third-order valence-electron chi connectivity index (χ3n) is 6.10. The minimum absolute atomic E-state index is 0.0584. The molecule has 198 valence electrons. The number of nitrogens with two attached hydrogens (primary N) is 1. The van der Waals surface area contributed by atoms with Gasteiger partial charge in [0.2, 0.25) is 26.0 Å². The number of amides is 1. The number of anilines is 2. The molecule has 0 saturated carbocycles. The second-order valence-electron chi connectivity index (χ2n) is 8.91. The zero-order valence-electron chi connectivity index (χ0n) is 20.6. The van der Waals surface area contributed by atoms with Gasteiger partial charge in [0.05, 0.1) is 17.6 Å². The third kappa shape index (κ3) is 6.13. The number of para-hydroxylation sites is 2. The molecule has 1 atom stereocenters. The molecule has 1 aromatic heterocycles. The summed E-state index contributed by atoms with van der Waals surface area (Å²) in [6.45, 7) is -0.340. The molecule has 2 aromatic carbocycles. The SMILES string of the molecule is CS(=O)(=O)NCC1(S(=O)(=O)n2ccc(C=CC(=O)Nc3ccccc3N)c2)C=CC(c2ccccc2)=CC1. The first-order valence-electron chi connectivity index (χ1n) is 11.7.